The molecule has 2 heterocycles. The number of nitrogens with zero attached hydrogens (tertiary/aromatic N) is 1. The van der Waals surface area contributed by atoms with Crippen molar-refractivity contribution in [2.24, 2.45) is 5.92 Å². The van der Waals surface area contributed by atoms with Gasteiger partial charge in [0.15, 0.2) is 0 Å². The van der Waals surface area contributed by atoms with Crippen molar-refractivity contribution in [3.05, 3.63) is 0 Å². The first-order valence-corrected chi connectivity index (χ1v) is 8.08. The van der Waals surface area contributed by atoms with E-state index < -0.39 is 27.4 Å². The van der Waals surface area contributed by atoms with Crippen molar-refractivity contribution in [1.82, 2.24) is 9.62 Å². The van der Waals surface area contributed by atoms with Crippen LogP contribution in [-0.2, 0) is 10.0 Å². The van der Waals surface area contributed by atoms with Crippen LogP contribution in [0.15, 0.2) is 0 Å². The Morgan fingerprint density at radius 1 is 1.00 bits per heavy atom. The molecule has 0 unspecified atom stereocenters. The molecule has 19 heavy (non-hydrogen) atoms. The maximum absolute atomic E-state index is 12.5. The highest BCUT2D eigenvalue weighted by Gasteiger charge is 2.44. The van der Waals surface area contributed by atoms with E-state index in [2.05, 4.69) is 5.32 Å². The lowest BCUT2D eigenvalue weighted by atomic mass is 9.98. The molecule has 0 atom stereocenters. The van der Waals surface area contributed by atoms with Gasteiger partial charge in [-0.3, -0.25) is 0 Å². The molecule has 2 saturated heterocycles. The summed E-state index contributed by atoms with van der Waals surface area (Å²) in [6, 6.07) is 0. The van der Waals surface area contributed by atoms with Crippen molar-refractivity contribution in [3.63, 3.8) is 0 Å². The molecule has 0 aromatic carbocycles. The molecule has 2 fully saturated rings. The molecule has 8 heteroatoms. The molecule has 2 aliphatic rings. The van der Waals surface area contributed by atoms with Gasteiger partial charge < -0.3 is 5.32 Å². The van der Waals surface area contributed by atoms with Crippen molar-refractivity contribution < 1.29 is 21.6 Å². The fraction of sp³-hybridized carbons (Fsp3) is 1.00. The molecule has 0 aliphatic carbocycles. The zero-order valence-electron chi connectivity index (χ0n) is 10.6. The summed E-state index contributed by atoms with van der Waals surface area (Å²) in [5, 5.41) is 2.65. The van der Waals surface area contributed by atoms with E-state index in [0.29, 0.717) is 25.9 Å². The van der Waals surface area contributed by atoms with Gasteiger partial charge in [-0.2, -0.15) is 13.2 Å². The molecule has 2 aliphatic heterocycles. The second-order valence-electron chi connectivity index (χ2n) is 5.21. The van der Waals surface area contributed by atoms with Crippen LogP contribution in [0.5, 0.6) is 0 Å². The SMILES string of the molecule is O=S(=O)(C1CCNCC1)N1CCC(C(F)(F)F)CC1. The summed E-state index contributed by atoms with van der Waals surface area (Å²) < 4.78 is 63.5. The van der Waals surface area contributed by atoms with Crippen molar-refractivity contribution in [3.8, 4) is 0 Å². The molecular formula is C11H19F3N2O2S. The number of nitrogens with one attached hydrogen (secondary N) is 1. The van der Waals surface area contributed by atoms with E-state index in [1.807, 2.05) is 0 Å². The summed E-state index contributed by atoms with van der Waals surface area (Å²) in [5.74, 6) is -1.35. The topological polar surface area (TPSA) is 49.4 Å². The lowest BCUT2D eigenvalue weighted by molar-refractivity contribution is -0.182. The molecule has 1 N–H and O–H groups in total. The Balaban J connectivity index is 1.96. The predicted octanol–water partition coefficient (Wildman–Crippen LogP) is 1.34. The molecule has 0 radical (unpaired) electrons. The molecule has 112 valence electrons. The van der Waals surface area contributed by atoms with E-state index in [1.165, 1.54) is 4.31 Å². The van der Waals surface area contributed by atoms with Crippen molar-refractivity contribution in [2.75, 3.05) is 26.2 Å². The second-order valence-corrected chi connectivity index (χ2v) is 7.42. The second kappa shape index (κ2) is 5.57. The maximum atomic E-state index is 12.5. The van der Waals surface area contributed by atoms with Gasteiger partial charge in [0.05, 0.1) is 11.2 Å². The fourth-order valence-electron chi connectivity index (χ4n) is 2.74. The Hall–Kier alpha value is -0.340. The zero-order chi connectivity index (χ0) is 14.1. The Labute approximate surface area is 111 Å². The number of hydrogen-bond donors (Lipinski definition) is 1. The number of hydrogen-bond acceptors (Lipinski definition) is 3. The zero-order valence-corrected chi connectivity index (χ0v) is 11.4. The van der Waals surface area contributed by atoms with Gasteiger partial charge in [-0.25, -0.2) is 12.7 Å². The molecule has 0 aromatic heterocycles. The number of sulfonamides is 1. The summed E-state index contributed by atoms with van der Waals surface area (Å²) in [6.07, 6.45) is -3.35. The maximum Gasteiger partial charge on any atom is 0.391 e. The molecule has 4 nitrogen and oxygen atoms in total. The van der Waals surface area contributed by atoms with Gasteiger partial charge in [-0.1, -0.05) is 0 Å². The molecule has 0 amide bonds. The monoisotopic (exact) mass is 300 g/mol. The number of halogens is 3. The van der Waals surface area contributed by atoms with Gasteiger partial charge in [0.25, 0.3) is 0 Å². The fourth-order valence-corrected chi connectivity index (χ4v) is 4.71. The van der Waals surface area contributed by atoms with Gasteiger partial charge in [-0.05, 0) is 38.8 Å². The molecule has 0 spiro atoms. The Kier molecular flexibility index (Phi) is 4.42. The normalized spacial score (nSPS) is 25.6. The lowest BCUT2D eigenvalue weighted by Gasteiger charge is -2.35. The van der Waals surface area contributed by atoms with Crippen LogP contribution < -0.4 is 5.32 Å². The van der Waals surface area contributed by atoms with Gasteiger partial charge >= 0.3 is 6.18 Å². The first-order chi connectivity index (χ1) is 8.82. The molecule has 0 bridgehead atoms. The van der Waals surface area contributed by atoms with Gasteiger partial charge in [-0.15, -0.1) is 0 Å². The van der Waals surface area contributed by atoms with Crippen LogP contribution in [0.2, 0.25) is 0 Å². The van der Waals surface area contributed by atoms with Crippen LogP contribution in [0.25, 0.3) is 0 Å². The minimum absolute atomic E-state index is 0.00353. The molecule has 0 aromatic rings. The highest BCUT2D eigenvalue weighted by Crippen LogP contribution is 2.35. The third kappa shape index (κ3) is 3.41. The Morgan fingerprint density at radius 2 is 1.53 bits per heavy atom. The van der Waals surface area contributed by atoms with Crippen LogP contribution in [0.4, 0.5) is 13.2 Å². The third-order valence-electron chi connectivity index (χ3n) is 3.98. The van der Waals surface area contributed by atoms with E-state index in [1.54, 1.807) is 0 Å². The minimum atomic E-state index is -4.20. The molecular weight excluding hydrogens is 281 g/mol. The predicted molar refractivity (Wildman–Crippen MR) is 65.2 cm³/mol. The summed E-state index contributed by atoms with van der Waals surface area (Å²) in [7, 11) is -3.43. The van der Waals surface area contributed by atoms with Crippen molar-refractivity contribution in [1.29, 1.82) is 0 Å². The first-order valence-electron chi connectivity index (χ1n) is 6.58. The van der Waals surface area contributed by atoms with Gasteiger partial charge in [0, 0.05) is 13.1 Å². The van der Waals surface area contributed by atoms with Crippen LogP contribution in [0.1, 0.15) is 25.7 Å². The van der Waals surface area contributed by atoms with E-state index in [9.17, 15) is 21.6 Å². The highest BCUT2D eigenvalue weighted by molar-refractivity contribution is 7.89. The molecule has 0 saturated carbocycles. The number of alkyl halides is 3. The largest absolute Gasteiger partial charge is 0.391 e. The average molecular weight is 300 g/mol. The lowest BCUT2D eigenvalue weighted by Crippen LogP contribution is -2.48. The number of rotatable bonds is 2. The van der Waals surface area contributed by atoms with Crippen LogP contribution >= 0.6 is 0 Å². The van der Waals surface area contributed by atoms with Gasteiger partial charge in [0.1, 0.15) is 0 Å². The van der Waals surface area contributed by atoms with E-state index in [4.69, 9.17) is 0 Å². The highest BCUT2D eigenvalue weighted by atomic mass is 32.2. The Morgan fingerprint density at radius 3 is 2.00 bits per heavy atom. The summed E-state index contributed by atoms with van der Waals surface area (Å²) in [4.78, 5) is 0. The summed E-state index contributed by atoms with van der Waals surface area (Å²) in [5.41, 5.74) is 0. The van der Waals surface area contributed by atoms with Crippen LogP contribution in [-0.4, -0.2) is 50.3 Å². The number of piperidine rings is 2. The quantitative estimate of drug-likeness (QED) is 0.837. The average Bonchev–Trinajstić information content (AvgIpc) is 2.39. The van der Waals surface area contributed by atoms with Crippen LogP contribution in [0, 0.1) is 5.92 Å². The van der Waals surface area contributed by atoms with Crippen molar-refractivity contribution >= 4 is 10.0 Å². The Bertz CT molecular complexity index is 397. The summed E-state index contributed by atoms with van der Waals surface area (Å²) >= 11 is 0. The molecule has 2 rings (SSSR count). The summed E-state index contributed by atoms with van der Waals surface area (Å²) in [6.45, 7) is 1.30. The first kappa shape index (κ1) is 15.1. The standard InChI is InChI=1S/C11H19F3N2O2S/c12-11(13,14)9-3-7-16(8-4-9)19(17,18)10-1-5-15-6-2-10/h9-10,15H,1-8H2. The van der Waals surface area contributed by atoms with Gasteiger partial charge in [0.2, 0.25) is 10.0 Å². The minimum Gasteiger partial charge on any atom is -0.317 e. The van der Waals surface area contributed by atoms with Crippen molar-refractivity contribution in [2.45, 2.75) is 37.1 Å². The van der Waals surface area contributed by atoms with E-state index >= 15 is 0 Å². The van der Waals surface area contributed by atoms with E-state index in [-0.39, 0.29) is 25.9 Å². The van der Waals surface area contributed by atoms with E-state index in [0.717, 1.165) is 0 Å². The smallest absolute Gasteiger partial charge is 0.317 e. The van der Waals surface area contributed by atoms with Crippen LogP contribution in [0.3, 0.4) is 0 Å². The third-order valence-corrected chi connectivity index (χ3v) is 6.38.